The normalized spacial score (nSPS) is 11.4. The van der Waals surface area contributed by atoms with E-state index in [1.54, 1.807) is 30.3 Å². The molecule has 2 aromatic carbocycles. The Balaban J connectivity index is 2.58. The van der Waals surface area contributed by atoms with Gasteiger partial charge in [0.15, 0.2) is 0 Å². The number of nitrogen functional groups attached to an aromatic ring is 1. The fourth-order valence-electron chi connectivity index (χ4n) is 1.44. The summed E-state index contributed by atoms with van der Waals surface area (Å²) in [7, 11) is -3.57. The monoisotopic (exact) mass is 267 g/mol. The van der Waals surface area contributed by atoms with Crippen LogP contribution in [0.1, 0.15) is 0 Å². The molecule has 2 rings (SSSR count). The average molecular weight is 268 g/mol. The Morgan fingerprint density at radius 1 is 0.941 bits per heavy atom. The molecule has 0 aliphatic rings. The smallest absolute Gasteiger partial charge is 0.208 e. The highest BCUT2D eigenvalue weighted by atomic mass is 35.5. The minimum Gasteiger partial charge on any atom is -0.399 e. The van der Waals surface area contributed by atoms with Crippen molar-refractivity contribution in [1.82, 2.24) is 0 Å². The van der Waals surface area contributed by atoms with Gasteiger partial charge in [0.1, 0.15) is 0 Å². The van der Waals surface area contributed by atoms with Crippen LogP contribution in [0.4, 0.5) is 5.69 Å². The first-order chi connectivity index (χ1) is 8.01. The molecule has 0 aliphatic heterocycles. The third-order valence-corrected chi connectivity index (χ3v) is 4.59. The molecule has 0 saturated heterocycles. The van der Waals surface area contributed by atoms with Crippen LogP contribution in [0.5, 0.6) is 0 Å². The first-order valence-electron chi connectivity index (χ1n) is 4.87. The molecule has 0 unspecified atom stereocenters. The van der Waals surface area contributed by atoms with Crippen LogP contribution in [0.25, 0.3) is 0 Å². The topological polar surface area (TPSA) is 60.2 Å². The first-order valence-corrected chi connectivity index (χ1v) is 6.73. The van der Waals surface area contributed by atoms with E-state index in [0.29, 0.717) is 5.69 Å². The second kappa shape index (κ2) is 4.39. The van der Waals surface area contributed by atoms with Gasteiger partial charge in [0.2, 0.25) is 9.84 Å². The second-order valence-corrected chi connectivity index (χ2v) is 5.83. The molecule has 0 bridgehead atoms. The van der Waals surface area contributed by atoms with Crippen LogP contribution in [-0.2, 0) is 9.84 Å². The predicted octanol–water partition coefficient (Wildman–Crippen LogP) is 2.76. The minimum absolute atomic E-state index is 0.103. The van der Waals surface area contributed by atoms with Crippen molar-refractivity contribution in [3.63, 3.8) is 0 Å². The molecule has 0 saturated carbocycles. The minimum atomic E-state index is -3.57. The van der Waals surface area contributed by atoms with Gasteiger partial charge in [-0.15, -0.1) is 0 Å². The van der Waals surface area contributed by atoms with Gasteiger partial charge in [0.05, 0.1) is 14.8 Å². The van der Waals surface area contributed by atoms with Crippen molar-refractivity contribution >= 4 is 27.1 Å². The Labute approximate surface area is 105 Å². The third-order valence-electron chi connectivity index (χ3n) is 2.32. The zero-order valence-electron chi connectivity index (χ0n) is 8.80. The number of sulfone groups is 1. The molecule has 0 fully saturated rings. The van der Waals surface area contributed by atoms with E-state index >= 15 is 0 Å². The summed E-state index contributed by atoms with van der Waals surface area (Å²) in [5.41, 5.74) is 6.03. The quantitative estimate of drug-likeness (QED) is 0.851. The maximum atomic E-state index is 12.2. The molecule has 0 atom stereocenters. The summed E-state index contributed by atoms with van der Waals surface area (Å²) in [6, 6.07) is 12.4. The van der Waals surface area contributed by atoms with E-state index in [2.05, 4.69) is 0 Å². The Bertz CT molecular complexity index is 636. The van der Waals surface area contributed by atoms with Gasteiger partial charge >= 0.3 is 0 Å². The molecule has 0 radical (unpaired) electrons. The van der Waals surface area contributed by atoms with E-state index in [0.717, 1.165) is 0 Å². The van der Waals surface area contributed by atoms with Crippen molar-refractivity contribution < 1.29 is 8.42 Å². The summed E-state index contributed by atoms with van der Waals surface area (Å²) < 4.78 is 24.5. The maximum absolute atomic E-state index is 12.2. The zero-order chi connectivity index (χ0) is 12.5. The third kappa shape index (κ3) is 2.28. The van der Waals surface area contributed by atoms with Gasteiger partial charge in [-0.25, -0.2) is 8.42 Å². The fraction of sp³-hybridized carbons (Fsp3) is 0. The largest absolute Gasteiger partial charge is 0.399 e. The fourth-order valence-corrected chi connectivity index (χ4v) is 3.21. The average Bonchev–Trinajstić information content (AvgIpc) is 2.30. The van der Waals surface area contributed by atoms with Crippen LogP contribution in [0, 0.1) is 0 Å². The molecule has 88 valence electrons. The number of hydrogen-bond donors (Lipinski definition) is 1. The molecule has 0 aliphatic carbocycles. The van der Waals surface area contributed by atoms with Gasteiger partial charge in [-0.05, 0) is 36.4 Å². The van der Waals surface area contributed by atoms with Crippen molar-refractivity contribution in [2.75, 3.05) is 5.73 Å². The Hall–Kier alpha value is -1.52. The van der Waals surface area contributed by atoms with Crippen molar-refractivity contribution in [2.24, 2.45) is 0 Å². The van der Waals surface area contributed by atoms with Gasteiger partial charge in [-0.1, -0.05) is 23.7 Å². The molecular formula is C12H10ClNO2S. The summed E-state index contributed by atoms with van der Waals surface area (Å²) in [4.78, 5) is 0.284. The van der Waals surface area contributed by atoms with Crippen LogP contribution in [0.2, 0.25) is 5.02 Å². The lowest BCUT2D eigenvalue weighted by molar-refractivity contribution is 0.596. The summed E-state index contributed by atoms with van der Waals surface area (Å²) in [6.07, 6.45) is 0. The summed E-state index contributed by atoms with van der Waals surface area (Å²) >= 11 is 5.89. The predicted molar refractivity (Wildman–Crippen MR) is 67.8 cm³/mol. The van der Waals surface area contributed by atoms with E-state index in [1.807, 2.05) is 0 Å². The maximum Gasteiger partial charge on any atom is 0.208 e. The number of rotatable bonds is 2. The molecule has 0 spiro atoms. The highest BCUT2D eigenvalue weighted by molar-refractivity contribution is 7.91. The van der Waals surface area contributed by atoms with Gasteiger partial charge in [0.25, 0.3) is 0 Å². The van der Waals surface area contributed by atoms with Crippen LogP contribution >= 0.6 is 11.6 Å². The molecule has 17 heavy (non-hydrogen) atoms. The van der Waals surface area contributed by atoms with Gasteiger partial charge < -0.3 is 5.73 Å². The molecule has 2 aromatic rings. The molecule has 0 heterocycles. The van der Waals surface area contributed by atoms with E-state index in [1.165, 1.54) is 18.2 Å². The van der Waals surface area contributed by atoms with Crippen molar-refractivity contribution in [3.8, 4) is 0 Å². The van der Waals surface area contributed by atoms with Gasteiger partial charge in [0, 0.05) is 5.69 Å². The first kappa shape index (κ1) is 12.0. The molecule has 3 nitrogen and oxygen atoms in total. The van der Waals surface area contributed by atoms with Crippen LogP contribution in [-0.4, -0.2) is 8.42 Å². The lowest BCUT2D eigenvalue weighted by Gasteiger charge is -2.06. The Morgan fingerprint density at radius 3 is 2.12 bits per heavy atom. The molecular weight excluding hydrogens is 258 g/mol. The van der Waals surface area contributed by atoms with E-state index in [4.69, 9.17) is 17.3 Å². The van der Waals surface area contributed by atoms with E-state index in [-0.39, 0.29) is 14.8 Å². The van der Waals surface area contributed by atoms with E-state index in [9.17, 15) is 8.42 Å². The van der Waals surface area contributed by atoms with Crippen LogP contribution in [0.15, 0.2) is 58.3 Å². The Kier molecular flexibility index (Phi) is 3.09. The highest BCUT2D eigenvalue weighted by Crippen LogP contribution is 2.27. The summed E-state index contributed by atoms with van der Waals surface area (Å²) in [5, 5.41) is 0.212. The van der Waals surface area contributed by atoms with Gasteiger partial charge in [-0.2, -0.15) is 0 Å². The van der Waals surface area contributed by atoms with Crippen molar-refractivity contribution in [2.45, 2.75) is 9.79 Å². The lowest BCUT2D eigenvalue weighted by atomic mass is 10.3. The number of hydrogen-bond acceptors (Lipinski definition) is 3. The Morgan fingerprint density at radius 2 is 1.53 bits per heavy atom. The van der Waals surface area contributed by atoms with Gasteiger partial charge in [-0.3, -0.25) is 0 Å². The van der Waals surface area contributed by atoms with Crippen LogP contribution < -0.4 is 5.73 Å². The van der Waals surface area contributed by atoms with Crippen molar-refractivity contribution in [1.29, 1.82) is 0 Å². The zero-order valence-corrected chi connectivity index (χ0v) is 10.4. The molecule has 2 N–H and O–H groups in total. The number of anilines is 1. The lowest BCUT2D eigenvalue weighted by Crippen LogP contribution is -2.02. The highest BCUT2D eigenvalue weighted by Gasteiger charge is 2.19. The molecule has 0 amide bonds. The number of halogens is 1. The van der Waals surface area contributed by atoms with Crippen LogP contribution in [0.3, 0.4) is 0 Å². The molecule has 5 heteroatoms. The van der Waals surface area contributed by atoms with Crippen molar-refractivity contribution in [3.05, 3.63) is 53.6 Å². The summed E-state index contributed by atoms with van der Waals surface area (Å²) in [6.45, 7) is 0. The SMILES string of the molecule is Nc1ccc(S(=O)(=O)c2ccccc2Cl)cc1. The second-order valence-electron chi connectivity index (χ2n) is 3.50. The number of benzene rings is 2. The molecule has 0 aromatic heterocycles. The summed E-state index contributed by atoms with van der Waals surface area (Å²) in [5.74, 6) is 0. The number of nitrogens with two attached hydrogens (primary N) is 1. The van der Waals surface area contributed by atoms with E-state index < -0.39 is 9.84 Å². The standard InChI is InChI=1S/C12H10ClNO2S/c13-11-3-1-2-4-12(11)17(15,16)10-7-5-9(14)6-8-10/h1-8H,14H2.